The summed E-state index contributed by atoms with van der Waals surface area (Å²) in [4.78, 5) is 22.6. The summed E-state index contributed by atoms with van der Waals surface area (Å²) in [7, 11) is -7.25. The first kappa shape index (κ1) is 22.8. The van der Waals surface area contributed by atoms with Crippen LogP contribution in [0.4, 0.5) is 0 Å². The lowest BCUT2D eigenvalue weighted by atomic mass is 10.1. The van der Waals surface area contributed by atoms with Crippen molar-refractivity contribution in [1.82, 2.24) is 0 Å². The normalized spacial score (nSPS) is 12.2. The lowest BCUT2D eigenvalue weighted by molar-refractivity contribution is -0.142. The highest BCUT2D eigenvalue weighted by Crippen LogP contribution is 2.07. The fourth-order valence-electron chi connectivity index (χ4n) is 1.49. The predicted octanol–water partition coefficient (Wildman–Crippen LogP) is 0.738. The molecule has 24 heavy (non-hydrogen) atoms. The maximum atomic E-state index is 11.4. The number of ether oxygens (including phenoxy) is 2. The predicted molar refractivity (Wildman–Crippen MR) is 85.0 cm³/mol. The maximum Gasteiger partial charge on any atom is 0.306 e. The molecule has 0 unspecified atom stereocenters. The van der Waals surface area contributed by atoms with Gasteiger partial charge in [-0.25, -0.2) is 8.42 Å². The summed E-state index contributed by atoms with van der Waals surface area (Å²) in [5.41, 5.74) is 0. The van der Waals surface area contributed by atoms with Crippen molar-refractivity contribution in [2.24, 2.45) is 0 Å². The molecule has 0 heterocycles. The molecule has 142 valence electrons. The zero-order valence-electron chi connectivity index (χ0n) is 14.0. The maximum absolute atomic E-state index is 11.4. The van der Waals surface area contributed by atoms with Gasteiger partial charge in [-0.2, -0.15) is 8.42 Å². The van der Waals surface area contributed by atoms with Crippen LogP contribution in [0.1, 0.15) is 46.0 Å². The smallest absolute Gasteiger partial charge is 0.306 e. The van der Waals surface area contributed by atoms with E-state index in [0.717, 1.165) is 6.26 Å². The van der Waals surface area contributed by atoms with E-state index in [-0.39, 0.29) is 12.8 Å². The Kier molecular flexibility index (Phi) is 10.1. The molecule has 0 saturated heterocycles. The summed E-state index contributed by atoms with van der Waals surface area (Å²) < 4.78 is 58.0. The van der Waals surface area contributed by atoms with Crippen molar-refractivity contribution < 1.29 is 40.1 Å². The molecular formula is C13H24O9S2. The Morgan fingerprint density at radius 2 is 1.29 bits per heavy atom. The molecule has 0 atom stereocenters. The third kappa shape index (κ3) is 14.4. The van der Waals surface area contributed by atoms with Crippen molar-refractivity contribution in [3.63, 3.8) is 0 Å². The SMILES string of the molecule is CC(C)OS(=O)(=O)COC(=O)CCCCCC(=O)OCS(C)(=O)=O. The van der Waals surface area contributed by atoms with E-state index in [1.54, 1.807) is 13.8 Å². The molecule has 0 amide bonds. The van der Waals surface area contributed by atoms with Crippen molar-refractivity contribution in [2.75, 3.05) is 18.1 Å². The van der Waals surface area contributed by atoms with E-state index in [9.17, 15) is 26.4 Å². The first-order chi connectivity index (χ1) is 10.9. The van der Waals surface area contributed by atoms with Crippen LogP contribution in [0, 0.1) is 0 Å². The second-order valence-corrected chi connectivity index (χ2v) is 9.09. The Bertz CT molecular complexity index is 605. The Balaban J connectivity index is 3.78. The number of rotatable bonds is 12. The standard InChI is InChI=1S/C13H24O9S2/c1-11(2)22-24(18,19)10-21-13(15)8-6-4-5-7-12(14)20-9-23(3,16)17/h11H,4-10H2,1-3H3. The van der Waals surface area contributed by atoms with Crippen LogP contribution in [0.3, 0.4) is 0 Å². The molecule has 9 nitrogen and oxygen atoms in total. The quantitative estimate of drug-likeness (QED) is 0.270. The first-order valence-corrected chi connectivity index (χ1v) is 10.9. The number of unbranched alkanes of at least 4 members (excludes halogenated alkanes) is 2. The van der Waals surface area contributed by atoms with E-state index in [4.69, 9.17) is 0 Å². The molecule has 0 radical (unpaired) electrons. The summed E-state index contributed by atoms with van der Waals surface area (Å²) >= 11 is 0. The van der Waals surface area contributed by atoms with E-state index < -0.39 is 49.9 Å². The van der Waals surface area contributed by atoms with E-state index in [1.165, 1.54) is 0 Å². The molecule has 0 saturated carbocycles. The number of carbonyl (C=O) groups is 2. The lowest BCUT2D eigenvalue weighted by Gasteiger charge is -2.09. The minimum absolute atomic E-state index is 0.00951. The summed E-state index contributed by atoms with van der Waals surface area (Å²) in [6, 6.07) is 0. The molecule has 0 fully saturated rings. The molecule has 0 N–H and O–H groups in total. The summed E-state index contributed by atoms with van der Waals surface area (Å²) in [6.45, 7) is 3.08. The number of hydrogen-bond acceptors (Lipinski definition) is 9. The average molecular weight is 388 g/mol. The van der Waals surface area contributed by atoms with Gasteiger partial charge in [0.15, 0.2) is 15.8 Å². The molecule has 0 aliphatic rings. The molecular weight excluding hydrogens is 364 g/mol. The lowest BCUT2D eigenvalue weighted by Crippen LogP contribution is -2.19. The van der Waals surface area contributed by atoms with Crippen LogP contribution in [0.15, 0.2) is 0 Å². The van der Waals surface area contributed by atoms with Gasteiger partial charge in [0, 0.05) is 19.1 Å². The molecule has 0 spiro atoms. The molecule has 0 bridgehead atoms. The van der Waals surface area contributed by atoms with E-state index in [1.807, 2.05) is 0 Å². The van der Waals surface area contributed by atoms with Gasteiger partial charge in [0.1, 0.15) is 0 Å². The molecule has 0 aromatic carbocycles. The molecule has 11 heteroatoms. The molecule has 0 aromatic heterocycles. The molecule has 0 aliphatic heterocycles. The topological polar surface area (TPSA) is 130 Å². The summed E-state index contributed by atoms with van der Waals surface area (Å²) in [6.07, 6.45) is 1.82. The fourth-order valence-corrected chi connectivity index (χ4v) is 2.75. The van der Waals surface area contributed by atoms with Gasteiger partial charge in [0.05, 0.1) is 6.10 Å². The van der Waals surface area contributed by atoms with Gasteiger partial charge in [-0.05, 0) is 26.7 Å². The number of esters is 2. The Hall–Kier alpha value is -1.20. The second kappa shape index (κ2) is 10.6. The van der Waals surface area contributed by atoms with E-state index >= 15 is 0 Å². The van der Waals surface area contributed by atoms with Gasteiger partial charge in [-0.15, -0.1) is 0 Å². The Morgan fingerprint density at radius 1 is 0.833 bits per heavy atom. The van der Waals surface area contributed by atoms with Crippen LogP contribution < -0.4 is 0 Å². The fraction of sp³-hybridized carbons (Fsp3) is 0.846. The van der Waals surface area contributed by atoms with Crippen molar-refractivity contribution >= 4 is 31.9 Å². The number of carbonyl (C=O) groups excluding carboxylic acids is 2. The van der Waals surface area contributed by atoms with Crippen LogP contribution in [0.25, 0.3) is 0 Å². The Labute approximate surface area is 142 Å². The first-order valence-electron chi connectivity index (χ1n) is 7.31. The summed E-state index contributed by atoms with van der Waals surface area (Å²) in [5.74, 6) is -2.78. The second-order valence-electron chi connectivity index (χ2n) is 5.46. The largest absolute Gasteiger partial charge is 0.449 e. The Morgan fingerprint density at radius 3 is 1.71 bits per heavy atom. The molecule has 0 aliphatic carbocycles. The van der Waals surface area contributed by atoms with Gasteiger partial charge in [0.2, 0.25) is 5.94 Å². The van der Waals surface area contributed by atoms with Gasteiger partial charge < -0.3 is 9.47 Å². The average Bonchev–Trinajstić information content (AvgIpc) is 2.40. The third-order valence-corrected chi connectivity index (χ3v) is 4.03. The highest BCUT2D eigenvalue weighted by molar-refractivity contribution is 7.90. The van der Waals surface area contributed by atoms with Crippen LogP contribution in [-0.4, -0.2) is 53.0 Å². The zero-order valence-corrected chi connectivity index (χ0v) is 15.7. The van der Waals surface area contributed by atoms with Crippen molar-refractivity contribution in [3.05, 3.63) is 0 Å². The van der Waals surface area contributed by atoms with Crippen molar-refractivity contribution in [1.29, 1.82) is 0 Å². The monoisotopic (exact) mass is 388 g/mol. The number of sulfone groups is 1. The highest BCUT2D eigenvalue weighted by atomic mass is 32.2. The van der Waals surface area contributed by atoms with Gasteiger partial charge in [-0.1, -0.05) is 6.42 Å². The van der Waals surface area contributed by atoms with Gasteiger partial charge in [-0.3, -0.25) is 13.8 Å². The van der Waals surface area contributed by atoms with E-state index in [0.29, 0.717) is 19.3 Å². The molecule has 0 aromatic rings. The van der Waals surface area contributed by atoms with Crippen LogP contribution in [0.5, 0.6) is 0 Å². The van der Waals surface area contributed by atoms with Crippen molar-refractivity contribution in [2.45, 2.75) is 52.1 Å². The van der Waals surface area contributed by atoms with Gasteiger partial charge in [0.25, 0.3) is 0 Å². The van der Waals surface area contributed by atoms with Crippen LogP contribution >= 0.6 is 0 Å². The van der Waals surface area contributed by atoms with Crippen LogP contribution in [0.2, 0.25) is 0 Å². The zero-order chi connectivity index (χ0) is 18.8. The molecule has 0 rings (SSSR count). The van der Waals surface area contributed by atoms with E-state index in [2.05, 4.69) is 13.7 Å². The van der Waals surface area contributed by atoms with Crippen LogP contribution in [-0.2, 0) is 43.2 Å². The van der Waals surface area contributed by atoms with Crippen molar-refractivity contribution in [3.8, 4) is 0 Å². The number of hydrogen-bond donors (Lipinski definition) is 0. The highest BCUT2D eigenvalue weighted by Gasteiger charge is 2.16. The minimum Gasteiger partial charge on any atom is -0.449 e. The third-order valence-electron chi connectivity index (χ3n) is 2.40. The van der Waals surface area contributed by atoms with Gasteiger partial charge >= 0.3 is 22.1 Å². The minimum atomic E-state index is -3.89. The summed E-state index contributed by atoms with van der Waals surface area (Å²) in [5, 5.41) is 0.